The molecule has 0 atom stereocenters. The van der Waals surface area contributed by atoms with E-state index in [-0.39, 0.29) is 0 Å². The van der Waals surface area contributed by atoms with Crippen molar-refractivity contribution < 1.29 is 4.52 Å². The number of aryl methyl sites for hydroxylation is 3. The van der Waals surface area contributed by atoms with Gasteiger partial charge in [-0.15, -0.1) is 11.3 Å². The molecule has 2 heterocycles. The first-order valence-corrected chi connectivity index (χ1v) is 7.06. The molecule has 0 bridgehead atoms. The number of thiazole rings is 1. The molecule has 0 aliphatic rings. The van der Waals surface area contributed by atoms with Crippen molar-refractivity contribution in [3.05, 3.63) is 27.3 Å². The van der Waals surface area contributed by atoms with E-state index in [9.17, 15) is 0 Å². The molecule has 0 spiro atoms. The molecule has 0 aliphatic heterocycles. The van der Waals surface area contributed by atoms with Crippen molar-refractivity contribution in [2.45, 2.75) is 33.9 Å². The van der Waals surface area contributed by atoms with E-state index in [2.05, 4.69) is 30.8 Å². The SMILES string of the molecule is CN=C(NCc1noc(C)n1)NCc1sc(C)nc1C. The van der Waals surface area contributed by atoms with Gasteiger partial charge in [0.2, 0.25) is 5.89 Å². The lowest BCUT2D eigenvalue weighted by Gasteiger charge is -2.09. The fourth-order valence-electron chi connectivity index (χ4n) is 1.70. The van der Waals surface area contributed by atoms with E-state index < -0.39 is 0 Å². The Morgan fingerprint density at radius 1 is 1.20 bits per heavy atom. The van der Waals surface area contributed by atoms with E-state index in [0.29, 0.717) is 30.8 Å². The lowest BCUT2D eigenvalue weighted by Crippen LogP contribution is -2.36. The highest BCUT2D eigenvalue weighted by Crippen LogP contribution is 2.16. The Labute approximate surface area is 121 Å². The zero-order chi connectivity index (χ0) is 14.5. The van der Waals surface area contributed by atoms with Gasteiger partial charge in [0.15, 0.2) is 11.8 Å². The van der Waals surface area contributed by atoms with E-state index in [1.165, 1.54) is 4.88 Å². The molecular formula is C12H18N6OS. The molecule has 2 aromatic rings. The van der Waals surface area contributed by atoms with Gasteiger partial charge in [-0.25, -0.2) is 4.98 Å². The molecule has 0 aromatic carbocycles. The van der Waals surface area contributed by atoms with Gasteiger partial charge in [-0.05, 0) is 13.8 Å². The Morgan fingerprint density at radius 2 is 1.95 bits per heavy atom. The van der Waals surface area contributed by atoms with Crippen LogP contribution < -0.4 is 10.6 Å². The fourth-order valence-corrected chi connectivity index (χ4v) is 2.57. The number of guanidine groups is 1. The number of aliphatic imine (C=N–C) groups is 1. The van der Waals surface area contributed by atoms with Crippen LogP contribution in [0.4, 0.5) is 0 Å². The van der Waals surface area contributed by atoms with Gasteiger partial charge in [-0.3, -0.25) is 4.99 Å². The van der Waals surface area contributed by atoms with Crippen molar-refractivity contribution in [1.82, 2.24) is 25.8 Å². The topological polar surface area (TPSA) is 88.2 Å². The maximum atomic E-state index is 4.91. The van der Waals surface area contributed by atoms with Crippen molar-refractivity contribution in [2.24, 2.45) is 4.99 Å². The van der Waals surface area contributed by atoms with Crippen LogP contribution in [0, 0.1) is 20.8 Å². The summed E-state index contributed by atoms with van der Waals surface area (Å²) in [4.78, 5) is 13.9. The standard InChI is InChI=1S/C12H18N6OS/c1-7-10(20-9(3)16-7)5-14-12(13-4)15-6-11-17-8(2)19-18-11/h5-6H2,1-4H3,(H2,13,14,15). The summed E-state index contributed by atoms with van der Waals surface area (Å²) in [7, 11) is 1.72. The minimum atomic E-state index is 0.470. The van der Waals surface area contributed by atoms with E-state index in [0.717, 1.165) is 10.7 Å². The van der Waals surface area contributed by atoms with Crippen LogP contribution in [-0.2, 0) is 13.1 Å². The normalized spacial score (nSPS) is 11.7. The summed E-state index contributed by atoms with van der Waals surface area (Å²) >= 11 is 1.69. The van der Waals surface area contributed by atoms with Crippen molar-refractivity contribution in [3.8, 4) is 0 Å². The maximum absolute atomic E-state index is 4.91. The smallest absolute Gasteiger partial charge is 0.223 e. The highest BCUT2D eigenvalue weighted by Gasteiger charge is 2.07. The summed E-state index contributed by atoms with van der Waals surface area (Å²) in [6, 6.07) is 0. The first-order chi connectivity index (χ1) is 9.58. The van der Waals surface area contributed by atoms with Gasteiger partial charge < -0.3 is 15.2 Å². The van der Waals surface area contributed by atoms with Gasteiger partial charge in [0.25, 0.3) is 0 Å². The largest absolute Gasteiger partial charge is 0.351 e. The van der Waals surface area contributed by atoms with Gasteiger partial charge in [-0.2, -0.15) is 4.98 Å². The second-order valence-corrected chi connectivity index (χ2v) is 5.54. The minimum Gasteiger partial charge on any atom is -0.351 e. The van der Waals surface area contributed by atoms with Crippen LogP contribution in [-0.4, -0.2) is 28.1 Å². The van der Waals surface area contributed by atoms with E-state index in [4.69, 9.17) is 4.52 Å². The number of rotatable bonds is 4. The van der Waals surface area contributed by atoms with Gasteiger partial charge in [0.05, 0.1) is 23.8 Å². The van der Waals surface area contributed by atoms with E-state index in [1.54, 1.807) is 25.3 Å². The van der Waals surface area contributed by atoms with Gasteiger partial charge in [0, 0.05) is 18.8 Å². The Kier molecular flexibility index (Phi) is 4.67. The predicted octanol–water partition coefficient (Wildman–Crippen LogP) is 1.32. The van der Waals surface area contributed by atoms with E-state index >= 15 is 0 Å². The molecule has 2 aromatic heterocycles. The van der Waals surface area contributed by atoms with Gasteiger partial charge in [0.1, 0.15) is 0 Å². The molecule has 20 heavy (non-hydrogen) atoms. The van der Waals surface area contributed by atoms with Crippen molar-refractivity contribution in [1.29, 1.82) is 0 Å². The van der Waals surface area contributed by atoms with Gasteiger partial charge in [-0.1, -0.05) is 5.16 Å². The molecule has 0 amide bonds. The first-order valence-electron chi connectivity index (χ1n) is 6.25. The summed E-state index contributed by atoms with van der Waals surface area (Å²) in [5.74, 6) is 1.86. The lowest BCUT2D eigenvalue weighted by molar-refractivity contribution is 0.387. The molecule has 0 saturated heterocycles. The third kappa shape index (κ3) is 3.77. The Hall–Kier alpha value is -1.96. The van der Waals surface area contributed by atoms with Crippen LogP contribution in [0.3, 0.4) is 0 Å². The molecule has 0 fully saturated rings. The van der Waals surface area contributed by atoms with Crippen LogP contribution in [0.1, 0.15) is 27.3 Å². The zero-order valence-electron chi connectivity index (χ0n) is 12.0. The Balaban J connectivity index is 1.85. The molecule has 8 heteroatoms. The third-order valence-electron chi connectivity index (χ3n) is 2.62. The van der Waals surface area contributed by atoms with Crippen LogP contribution in [0.15, 0.2) is 9.52 Å². The number of hydrogen-bond acceptors (Lipinski definition) is 6. The molecular weight excluding hydrogens is 276 g/mol. The summed E-state index contributed by atoms with van der Waals surface area (Å²) in [5.41, 5.74) is 1.06. The van der Waals surface area contributed by atoms with Crippen molar-refractivity contribution in [2.75, 3.05) is 7.05 Å². The first kappa shape index (κ1) is 14.4. The number of nitrogens with one attached hydrogen (secondary N) is 2. The highest BCUT2D eigenvalue weighted by atomic mass is 32.1. The van der Waals surface area contributed by atoms with Crippen molar-refractivity contribution >= 4 is 17.3 Å². The quantitative estimate of drug-likeness (QED) is 0.653. The zero-order valence-corrected chi connectivity index (χ0v) is 12.8. The Bertz CT molecular complexity index is 603. The molecule has 0 radical (unpaired) electrons. The third-order valence-corrected chi connectivity index (χ3v) is 3.70. The number of hydrogen-bond donors (Lipinski definition) is 2. The second kappa shape index (κ2) is 6.47. The molecule has 7 nitrogen and oxygen atoms in total. The van der Waals surface area contributed by atoms with Crippen LogP contribution in [0.25, 0.3) is 0 Å². The monoisotopic (exact) mass is 294 g/mol. The summed E-state index contributed by atoms with van der Waals surface area (Å²) < 4.78 is 4.91. The lowest BCUT2D eigenvalue weighted by atomic mass is 10.4. The predicted molar refractivity (Wildman–Crippen MR) is 77.7 cm³/mol. The van der Waals surface area contributed by atoms with Crippen LogP contribution >= 0.6 is 11.3 Å². The summed E-state index contributed by atoms with van der Waals surface area (Å²) in [6.07, 6.45) is 0. The molecule has 2 N–H and O–H groups in total. The average Bonchev–Trinajstić information content (AvgIpc) is 2.96. The molecule has 0 saturated carbocycles. The van der Waals surface area contributed by atoms with Crippen molar-refractivity contribution in [3.63, 3.8) is 0 Å². The summed E-state index contributed by atoms with van der Waals surface area (Å²) in [6.45, 7) is 6.95. The minimum absolute atomic E-state index is 0.470. The molecule has 2 rings (SSSR count). The second-order valence-electron chi connectivity index (χ2n) is 4.25. The fraction of sp³-hybridized carbons (Fsp3) is 0.500. The number of aromatic nitrogens is 3. The Morgan fingerprint density at radius 3 is 2.50 bits per heavy atom. The van der Waals surface area contributed by atoms with Crippen LogP contribution in [0.5, 0.6) is 0 Å². The molecule has 0 unspecified atom stereocenters. The maximum Gasteiger partial charge on any atom is 0.223 e. The number of nitrogens with zero attached hydrogens (tertiary/aromatic N) is 4. The van der Waals surface area contributed by atoms with Crippen LogP contribution in [0.2, 0.25) is 0 Å². The summed E-state index contributed by atoms with van der Waals surface area (Å²) in [5, 5.41) is 11.3. The molecule has 0 aliphatic carbocycles. The highest BCUT2D eigenvalue weighted by molar-refractivity contribution is 7.11. The van der Waals surface area contributed by atoms with E-state index in [1.807, 2.05) is 13.8 Å². The molecule has 108 valence electrons. The van der Waals surface area contributed by atoms with Gasteiger partial charge >= 0.3 is 0 Å². The average molecular weight is 294 g/mol.